The van der Waals surface area contributed by atoms with E-state index in [4.69, 9.17) is 27.9 Å². The van der Waals surface area contributed by atoms with E-state index in [9.17, 15) is 9.59 Å². The minimum Gasteiger partial charge on any atom is -0.461 e. The van der Waals surface area contributed by atoms with Crippen molar-refractivity contribution in [3.05, 3.63) is 75.4 Å². The maximum Gasteiger partial charge on any atom is 0.358 e. The van der Waals surface area contributed by atoms with Crippen molar-refractivity contribution in [2.75, 3.05) is 18.2 Å². The highest BCUT2D eigenvalue weighted by Gasteiger charge is 2.26. The lowest BCUT2D eigenvalue weighted by Gasteiger charge is -2.11. The molecule has 3 rings (SSSR count). The summed E-state index contributed by atoms with van der Waals surface area (Å²) in [6, 6.07) is 14.2. The molecule has 0 aliphatic carbocycles. The molecule has 9 heteroatoms. The fourth-order valence-electron chi connectivity index (χ4n) is 2.81. The van der Waals surface area contributed by atoms with Gasteiger partial charge in [-0.2, -0.15) is 0 Å². The van der Waals surface area contributed by atoms with Gasteiger partial charge in [-0.3, -0.25) is 4.79 Å². The number of carbonyl (C=O) groups is 2. The molecule has 1 amide bonds. The Kier molecular flexibility index (Phi) is 7.42. The predicted octanol–water partition coefficient (Wildman–Crippen LogP) is 5.39. The summed E-state index contributed by atoms with van der Waals surface area (Å²) in [7, 11) is 0. The molecule has 156 valence electrons. The van der Waals surface area contributed by atoms with E-state index in [1.54, 1.807) is 17.6 Å². The second kappa shape index (κ2) is 10.0. The van der Waals surface area contributed by atoms with Crippen LogP contribution in [0.2, 0.25) is 10.0 Å². The van der Waals surface area contributed by atoms with Gasteiger partial charge in [-0.05, 0) is 36.9 Å². The Morgan fingerprint density at radius 1 is 1.13 bits per heavy atom. The number of anilines is 1. The Balaban J connectivity index is 2.01. The van der Waals surface area contributed by atoms with E-state index in [1.807, 2.05) is 36.6 Å². The highest BCUT2D eigenvalue weighted by atomic mass is 35.5. The molecule has 6 nitrogen and oxygen atoms in total. The highest BCUT2D eigenvalue weighted by Crippen LogP contribution is 2.27. The molecule has 3 aromatic rings. The van der Waals surface area contributed by atoms with E-state index >= 15 is 0 Å². The summed E-state index contributed by atoms with van der Waals surface area (Å²) in [4.78, 5) is 30.0. The standard InChI is InChI=1S/C21H19Cl2N3O3S/c1-3-29-20(28)17-18(24-19(27)14-9-10-15(22)16(23)11-14)25-21(30-2)26(17)12-13-7-5-4-6-8-13/h4-11H,3,12H2,1-2H3,(H,24,27). The van der Waals surface area contributed by atoms with Gasteiger partial charge in [-0.1, -0.05) is 65.3 Å². The topological polar surface area (TPSA) is 73.2 Å². The number of hydrogen-bond donors (Lipinski definition) is 1. The zero-order chi connectivity index (χ0) is 21.7. The van der Waals surface area contributed by atoms with Gasteiger partial charge in [0.05, 0.1) is 23.2 Å². The van der Waals surface area contributed by atoms with E-state index in [2.05, 4.69) is 10.3 Å². The fourth-order valence-corrected chi connectivity index (χ4v) is 3.67. The number of esters is 1. The van der Waals surface area contributed by atoms with Gasteiger partial charge < -0.3 is 14.6 Å². The third kappa shape index (κ3) is 4.98. The number of hydrogen-bond acceptors (Lipinski definition) is 5. The molecule has 0 saturated carbocycles. The lowest BCUT2D eigenvalue weighted by Crippen LogP contribution is -2.18. The monoisotopic (exact) mass is 463 g/mol. The van der Waals surface area contributed by atoms with Crippen LogP contribution in [0.4, 0.5) is 5.82 Å². The molecule has 0 spiro atoms. The molecule has 0 aliphatic rings. The number of thioether (sulfide) groups is 1. The average molecular weight is 464 g/mol. The normalized spacial score (nSPS) is 10.7. The number of carbonyl (C=O) groups excluding carboxylic acids is 2. The molecule has 1 aromatic heterocycles. The number of nitrogens with one attached hydrogen (secondary N) is 1. The average Bonchev–Trinajstić information content (AvgIpc) is 3.07. The summed E-state index contributed by atoms with van der Waals surface area (Å²) < 4.78 is 6.97. The van der Waals surface area contributed by atoms with Crippen LogP contribution in [0, 0.1) is 0 Å². The van der Waals surface area contributed by atoms with Crippen LogP contribution >= 0.6 is 35.0 Å². The molecule has 1 N–H and O–H groups in total. The van der Waals surface area contributed by atoms with Crippen LogP contribution in [0.5, 0.6) is 0 Å². The number of rotatable bonds is 7. The molecular weight excluding hydrogens is 445 g/mol. The molecule has 30 heavy (non-hydrogen) atoms. The number of halogens is 2. The van der Waals surface area contributed by atoms with Crippen molar-refractivity contribution in [1.29, 1.82) is 0 Å². The van der Waals surface area contributed by atoms with Gasteiger partial charge in [0.2, 0.25) is 0 Å². The van der Waals surface area contributed by atoms with Crippen LogP contribution in [0.25, 0.3) is 0 Å². The maximum atomic E-state index is 12.8. The molecule has 0 fully saturated rings. The third-order valence-electron chi connectivity index (χ3n) is 4.18. The first-order valence-corrected chi connectivity index (χ1v) is 11.0. The Morgan fingerprint density at radius 2 is 1.87 bits per heavy atom. The highest BCUT2D eigenvalue weighted by molar-refractivity contribution is 7.98. The lowest BCUT2D eigenvalue weighted by atomic mass is 10.2. The molecule has 0 saturated heterocycles. The summed E-state index contributed by atoms with van der Waals surface area (Å²) in [5.74, 6) is -0.897. The largest absolute Gasteiger partial charge is 0.461 e. The second-order valence-electron chi connectivity index (χ2n) is 6.17. The molecular formula is C21H19Cl2N3O3S. The van der Waals surface area contributed by atoms with Crippen LogP contribution in [0.15, 0.2) is 53.7 Å². The van der Waals surface area contributed by atoms with Crippen LogP contribution in [0.1, 0.15) is 33.3 Å². The second-order valence-corrected chi connectivity index (χ2v) is 7.76. The Hall–Kier alpha value is -2.48. The number of benzene rings is 2. The first-order chi connectivity index (χ1) is 14.4. The van der Waals surface area contributed by atoms with Crippen molar-refractivity contribution in [2.24, 2.45) is 0 Å². The molecule has 1 heterocycles. The van der Waals surface area contributed by atoms with Crippen molar-refractivity contribution < 1.29 is 14.3 Å². The van der Waals surface area contributed by atoms with Gasteiger partial charge in [0.15, 0.2) is 16.7 Å². The van der Waals surface area contributed by atoms with E-state index in [0.717, 1.165) is 5.56 Å². The van der Waals surface area contributed by atoms with Gasteiger partial charge in [-0.15, -0.1) is 0 Å². The molecule has 0 unspecified atom stereocenters. The molecule has 0 aliphatic heterocycles. The van der Waals surface area contributed by atoms with Crippen molar-refractivity contribution in [1.82, 2.24) is 9.55 Å². The smallest absolute Gasteiger partial charge is 0.358 e. The third-order valence-corrected chi connectivity index (χ3v) is 5.60. The summed E-state index contributed by atoms with van der Waals surface area (Å²) in [6.07, 6.45) is 1.85. The zero-order valence-corrected chi connectivity index (χ0v) is 18.6. The first kappa shape index (κ1) is 22.2. The number of ether oxygens (including phenoxy) is 1. The van der Waals surface area contributed by atoms with Gasteiger partial charge >= 0.3 is 5.97 Å². The summed E-state index contributed by atoms with van der Waals surface area (Å²) in [5, 5.41) is 3.89. The van der Waals surface area contributed by atoms with Crippen molar-refractivity contribution in [3.63, 3.8) is 0 Å². The Bertz CT molecular complexity index is 1070. The predicted molar refractivity (Wildman–Crippen MR) is 120 cm³/mol. The Labute approximate surface area is 188 Å². The molecule has 0 radical (unpaired) electrons. The molecule has 2 aromatic carbocycles. The van der Waals surface area contributed by atoms with Crippen LogP contribution in [-0.2, 0) is 11.3 Å². The van der Waals surface area contributed by atoms with Gasteiger partial charge in [0.25, 0.3) is 5.91 Å². The van der Waals surface area contributed by atoms with Gasteiger partial charge in [-0.25, -0.2) is 9.78 Å². The number of aromatic nitrogens is 2. The summed E-state index contributed by atoms with van der Waals surface area (Å²) in [5.41, 5.74) is 1.46. The zero-order valence-electron chi connectivity index (χ0n) is 16.3. The van der Waals surface area contributed by atoms with Crippen molar-refractivity contribution >= 4 is 52.7 Å². The van der Waals surface area contributed by atoms with Crippen molar-refractivity contribution in [3.8, 4) is 0 Å². The van der Waals surface area contributed by atoms with Gasteiger partial charge in [0, 0.05) is 5.56 Å². The summed E-state index contributed by atoms with van der Waals surface area (Å²) in [6.45, 7) is 2.32. The van der Waals surface area contributed by atoms with E-state index in [0.29, 0.717) is 22.3 Å². The van der Waals surface area contributed by atoms with E-state index in [-0.39, 0.29) is 23.1 Å². The molecule has 0 atom stereocenters. The van der Waals surface area contributed by atoms with Crippen LogP contribution in [-0.4, -0.2) is 34.3 Å². The number of nitrogens with zero attached hydrogens (tertiary/aromatic N) is 2. The SMILES string of the molecule is CCOC(=O)c1c(NC(=O)c2ccc(Cl)c(Cl)c2)nc(SC)n1Cc1ccccc1. The van der Waals surface area contributed by atoms with E-state index < -0.39 is 11.9 Å². The van der Waals surface area contributed by atoms with Gasteiger partial charge in [0.1, 0.15) is 0 Å². The number of imidazole rings is 1. The Morgan fingerprint density at radius 3 is 2.50 bits per heavy atom. The minimum atomic E-state index is -0.564. The van der Waals surface area contributed by atoms with Crippen molar-refractivity contribution in [2.45, 2.75) is 18.6 Å². The van der Waals surface area contributed by atoms with Crippen LogP contribution in [0.3, 0.4) is 0 Å². The first-order valence-electron chi connectivity index (χ1n) is 9.06. The number of amides is 1. The van der Waals surface area contributed by atoms with E-state index in [1.165, 1.54) is 23.9 Å². The lowest BCUT2D eigenvalue weighted by molar-refractivity contribution is 0.0514. The van der Waals surface area contributed by atoms with Crippen LogP contribution < -0.4 is 5.32 Å². The maximum absolute atomic E-state index is 12.8. The molecule has 0 bridgehead atoms. The minimum absolute atomic E-state index is 0.129. The fraction of sp³-hybridized carbons (Fsp3) is 0.190. The quantitative estimate of drug-likeness (QED) is 0.375. The summed E-state index contributed by atoms with van der Waals surface area (Å²) >= 11 is 13.3.